The Kier molecular flexibility index (Phi) is 5.26. The number of imide groups is 1. The van der Waals surface area contributed by atoms with Crippen molar-refractivity contribution in [2.45, 2.75) is 64.5 Å². The Hall–Kier alpha value is -2.89. The molecule has 6 nitrogen and oxygen atoms in total. The number of nitrogens with zero attached hydrogens (tertiary/aromatic N) is 2. The second-order valence-corrected chi connectivity index (χ2v) is 8.63. The fourth-order valence-corrected chi connectivity index (χ4v) is 5.08. The summed E-state index contributed by atoms with van der Waals surface area (Å²) in [6.45, 7) is 5.80. The van der Waals surface area contributed by atoms with Gasteiger partial charge in [0.25, 0.3) is 5.91 Å². The third-order valence-corrected chi connectivity index (χ3v) is 6.71. The van der Waals surface area contributed by atoms with Gasteiger partial charge in [-0.25, -0.2) is 4.79 Å². The molecular weight excluding hydrogens is 378 g/mol. The first-order chi connectivity index (χ1) is 14.3. The molecule has 1 saturated carbocycles. The summed E-state index contributed by atoms with van der Waals surface area (Å²) >= 11 is 0. The van der Waals surface area contributed by atoms with E-state index < -0.39 is 11.6 Å². The Bertz CT molecular complexity index is 987. The third-order valence-electron chi connectivity index (χ3n) is 6.71. The number of hydrogen-bond acceptors (Lipinski definition) is 3. The summed E-state index contributed by atoms with van der Waals surface area (Å²) in [4.78, 5) is 39.7. The van der Waals surface area contributed by atoms with Crippen LogP contribution in [0.15, 0.2) is 36.4 Å². The third kappa shape index (κ3) is 3.34. The second-order valence-electron chi connectivity index (χ2n) is 8.63. The zero-order valence-electron chi connectivity index (χ0n) is 17.9. The minimum absolute atomic E-state index is 0.0787. The van der Waals surface area contributed by atoms with Crippen LogP contribution in [0.4, 0.5) is 4.79 Å². The molecule has 1 aromatic carbocycles. The van der Waals surface area contributed by atoms with Crippen molar-refractivity contribution in [2.75, 3.05) is 6.54 Å². The summed E-state index contributed by atoms with van der Waals surface area (Å²) in [5.74, 6) is -0.446. The summed E-state index contributed by atoms with van der Waals surface area (Å²) in [5, 5.41) is 2.88. The molecule has 2 aliphatic rings. The molecule has 1 N–H and O–H groups in total. The van der Waals surface area contributed by atoms with Crippen molar-refractivity contribution in [1.82, 2.24) is 14.8 Å². The van der Waals surface area contributed by atoms with Gasteiger partial charge in [-0.15, -0.1) is 0 Å². The molecule has 0 unspecified atom stereocenters. The van der Waals surface area contributed by atoms with Crippen LogP contribution in [0.25, 0.3) is 0 Å². The molecular formula is C24H29N3O3. The van der Waals surface area contributed by atoms with E-state index in [0.717, 1.165) is 41.1 Å². The quantitative estimate of drug-likeness (QED) is 0.598. The predicted octanol–water partition coefficient (Wildman–Crippen LogP) is 4.15. The zero-order chi connectivity index (χ0) is 21.5. The minimum atomic E-state index is -0.797. The number of aryl methyl sites for hydroxylation is 1. The van der Waals surface area contributed by atoms with Gasteiger partial charge in [0, 0.05) is 17.0 Å². The summed E-state index contributed by atoms with van der Waals surface area (Å²) in [5.41, 5.74) is 2.77. The average molecular weight is 408 g/mol. The number of rotatable bonds is 5. The highest BCUT2D eigenvalue weighted by atomic mass is 16.2. The minimum Gasteiger partial charge on any atom is -0.341 e. The molecule has 1 spiro atoms. The van der Waals surface area contributed by atoms with Gasteiger partial charge in [0.05, 0.1) is 12.6 Å². The SMILES string of the molecule is Cc1cc(C(=O)CN2C(=O)NC3(CCCCC3)C2=O)c(C)n1[C@@H](C)c1ccccc1. The van der Waals surface area contributed by atoms with Crippen LogP contribution in [0.1, 0.15) is 72.4 Å². The maximum atomic E-state index is 13.1. The Morgan fingerprint density at radius 2 is 1.77 bits per heavy atom. The number of aromatic nitrogens is 1. The number of benzene rings is 1. The van der Waals surface area contributed by atoms with E-state index in [0.29, 0.717) is 18.4 Å². The molecule has 0 bridgehead atoms. The predicted molar refractivity (Wildman–Crippen MR) is 115 cm³/mol. The van der Waals surface area contributed by atoms with Gasteiger partial charge in [0.1, 0.15) is 5.54 Å². The number of hydrogen-bond donors (Lipinski definition) is 1. The van der Waals surface area contributed by atoms with Crippen molar-refractivity contribution in [1.29, 1.82) is 0 Å². The van der Waals surface area contributed by atoms with Gasteiger partial charge in [-0.2, -0.15) is 0 Å². The molecule has 2 aromatic rings. The van der Waals surface area contributed by atoms with Gasteiger partial charge in [0.15, 0.2) is 5.78 Å². The number of carbonyl (C=O) groups excluding carboxylic acids is 3. The Labute approximate surface area is 177 Å². The van der Waals surface area contributed by atoms with Crippen molar-refractivity contribution in [3.8, 4) is 0 Å². The molecule has 6 heteroatoms. The molecule has 2 fully saturated rings. The highest BCUT2D eigenvalue weighted by molar-refractivity contribution is 6.11. The molecule has 2 heterocycles. The molecule has 158 valence electrons. The summed E-state index contributed by atoms with van der Waals surface area (Å²) < 4.78 is 2.14. The fraction of sp³-hybridized carbons (Fsp3) is 0.458. The van der Waals surface area contributed by atoms with Gasteiger partial charge in [-0.3, -0.25) is 14.5 Å². The second kappa shape index (κ2) is 7.74. The first-order valence-electron chi connectivity index (χ1n) is 10.7. The Morgan fingerprint density at radius 3 is 2.43 bits per heavy atom. The van der Waals surface area contributed by atoms with E-state index >= 15 is 0 Å². The maximum Gasteiger partial charge on any atom is 0.325 e. The van der Waals surface area contributed by atoms with Crippen LogP contribution in [0, 0.1) is 13.8 Å². The van der Waals surface area contributed by atoms with Crippen LogP contribution in [0.5, 0.6) is 0 Å². The summed E-state index contributed by atoms with van der Waals surface area (Å²) in [6.07, 6.45) is 4.24. The van der Waals surface area contributed by atoms with E-state index in [9.17, 15) is 14.4 Å². The lowest BCUT2D eigenvalue weighted by Gasteiger charge is -2.30. The van der Waals surface area contributed by atoms with Crippen molar-refractivity contribution in [3.05, 3.63) is 58.9 Å². The van der Waals surface area contributed by atoms with Crippen molar-refractivity contribution < 1.29 is 14.4 Å². The van der Waals surface area contributed by atoms with Gasteiger partial charge >= 0.3 is 6.03 Å². The molecule has 3 amide bonds. The van der Waals surface area contributed by atoms with Crippen molar-refractivity contribution >= 4 is 17.7 Å². The molecule has 1 saturated heterocycles. The number of Topliss-reactive ketones (excluding diaryl/α,β-unsaturated/α-hetero) is 1. The first-order valence-corrected chi connectivity index (χ1v) is 10.7. The molecule has 30 heavy (non-hydrogen) atoms. The standard InChI is InChI=1S/C24H29N3O3/c1-16-14-20(18(3)27(16)17(2)19-10-6-4-7-11-19)21(28)15-26-22(29)24(25-23(26)30)12-8-5-9-13-24/h4,6-7,10-11,14,17H,5,8-9,12-13,15H2,1-3H3,(H,25,30)/t17-/m0/s1. The van der Waals surface area contributed by atoms with Gasteiger partial charge in [-0.05, 0) is 45.2 Å². The molecule has 1 aliphatic heterocycles. The Morgan fingerprint density at radius 1 is 1.10 bits per heavy atom. The van der Waals surface area contributed by atoms with Gasteiger partial charge in [-0.1, -0.05) is 49.6 Å². The largest absolute Gasteiger partial charge is 0.341 e. The zero-order valence-corrected chi connectivity index (χ0v) is 17.9. The average Bonchev–Trinajstić information content (AvgIpc) is 3.16. The number of nitrogens with one attached hydrogen (secondary N) is 1. The van der Waals surface area contributed by atoms with E-state index in [4.69, 9.17) is 0 Å². The first kappa shape index (κ1) is 20.4. The fourth-order valence-electron chi connectivity index (χ4n) is 5.08. The maximum absolute atomic E-state index is 13.1. The lowest BCUT2D eigenvalue weighted by molar-refractivity contribution is -0.132. The Balaban J connectivity index is 1.56. The highest BCUT2D eigenvalue weighted by Crippen LogP contribution is 2.34. The molecule has 4 rings (SSSR count). The number of amides is 3. The van der Waals surface area contributed by atoms with Crippen molar-refractivity contribution in [2.24, 2.45) is 0 Å². The topological polar surface area (TPSA) is 71.4 Å². The monoisotopic (exact) mass is 407 g/mol. The highest BCUT2D eigenvalue weighted by Gasteiger charge is 2.51. The van der Waals surface area contributed by atoms with E-state index in [1.807, 2.05) is 38.1 Å². The number of carbonyl (C=O) groups is 3. The molecule has 1 aromatic heterocycles. The van der Waals surface area contributed by atoms with Crippen LogP contribution in [-0.2, 0) is 4.79 Å². The number of urea groups is 1. The molecule has 1 aliphatic carbocycles. The lowest BCUT2D eigenvalue weighted by atomic mass is 9.82. The van der Waals surface area contributed by atoms with Gasteiger partial charge in [0.2, 0.25) is 0 Å². The smallest absolute Gasteiger partial charge is 0.325 e. The van der Waals surface area contributed by atoms with Crippen molar-refractivity contribution in [3.63, 3.8) is 0 Å². The number of ketones is 1. The van der Waals surface area contributed by atoms with E-state index in [-0.39, 0.29) is 24.3 Å². The van der Waals surface area contributed by atoms with E-state index in [2.05, 4.69) is 28.9 Å². The van der Waals surface area contributed by atoms with Crippen LogP contribution in [-0.4, -0.2) is 39.3 Å². The van der Waals surface area contributed by atoms with Crippen LogP contribution in [0.2, 0.25) is 0 Å². The van der Waals surface area contributed by atoms with E-state index in [1.54, 1.807) is 0 Å². The summed E-state index contributed by atoms with van der Waals surface area (Å²) in [6, 6.07) is 11.6. The lowest BCUT2D eigenvalue weighted by Crippen LogP contribution is -2.48. The normalized spacial score (nSPS) is 19.2. The van der Waals surface area contributed by atoms with Crippen LogP contribution in [0.3, 0.4) is 0 Å². The molecule has 1 atom stereocenters. The van der Waals surface area contributed by atoms with Gasteiger partial charge < -0.3 is 9.88 Å². The van der Waals surface area contributed by atoms with Crippen LogP contribution >= 0.6 is 0 Å². The van der Waals surface area contributed by atoms with Crippen LogP contribution < -0.4 is 5.32 Å². The van der Waals surface area contributed by atoms with E-state index in [1.165, 1.54) is 0 Å². The molecule has 0 radical (unpaired) electrons. The summed E-state index contributed by atoms with van der Waals surface area (Å²) in [7, 11) is 0.